The molecule has 0 unspecified atom stereocenters. The minimum atomic E-state index is -2.50. The molecule has 0 aromatic carbocycles. The summed E-state index contributed by atoms with van der Waals surface area (Å²) in [7, 11) is -0.773. The van der Waals surface area contributed by atoms with Crippen LogP contribution in [0, 0.1) is 13.8 Å². The monoisotopic (exact) mass is 174 g/mol. The number of aromatic nitrogens is 2. The normalized spacial score (nSPS) is 10.9. The molecule has 11 heavy (non-hydrogen) atoms. The van der Waals surface area contributed by atoms with Gasteiger partial charge in [0.15, 0.2) is 10.7 Å². The van der Waals surface area contributed by atoms with Crippen molar-refractivity contribution in [2.45, 2.75) is 18.7 Å². The Bertz CT molecular complexity index is 344. The summed E-state index contributed by atoms with van der Waals surface area (Å²) in [5, 5.41) is 3.96. The third-order valence-electron chi connectivity index (χ3n) is 1.65. The van der Waals surface area contributed by atoms with Crippen molar-refractivity contribution in [1.82, 2.24) is 9.78 Å². The lowest BCUT2D eigenvalue weighted by molar-refractivity contribution is 0.613. The maximum atomic E-state index is 10.6. The summed E-state index contributed by atoms with van der Waals surface area (Å²) in [4.78, 5) is 0.350. The Balaban J connectivity index is 3.46. The van der Waals surface area contributed by atoms with E-state index in [1.54, 1.807) is 25.6 Å². The number of aryl methyl sites for hydroxylation is 2. The molecule has 0 atom stereocenters. The molecule has 0 saturated heterocycles. The second kappa shape index (κ2) is 2.65. The third-order valence-corrected chi connectivity index (χ3v) is 2.67. The molecular formula is C6H10N2O2S. The molecule has 4 nitrogen and oxygen atoms in total. The van der Waals surface area contributed by atoms with Crippen LogP contribution in [0.25, 0.3) is 0 Å². The molecular weight excluding hydrogens is 164 g/mol. The van der Waals surface area contributed by atoms with Gasteiger partial charge in [0.05, 0.1) is 11.4 Å². The van der Waals surface area contributed by atoms with Crippen LogP contribution in [-0.4, -0.2) is 18.2 Å². The highest BCUT2D eigenvalue weighted by Crippen LogP contribution is 2.12. The van der Waals surface area contributed by atoms with E-state index in [0.717, 1.165) is 0 Å². The van der Waals surface area contributed by atoms with Crippen LogP contribution >= 0.6 is 0 Å². The Morgan fingerprint density at radius 2 is 1.91 bits per heavy atom. The fourth-order valence-electron chi connectivity index (χ4n) is 1.03. The summed E-state index contributed by atoms with van der Waals surface area (Å²) in [6.07, 6.45) is 0. The maximum Gasteiger partial charge on any atom is 0.171 e. The number of hydrogen-bond donors (Lipinski definition) is 1. The van der Waals surface area contributed by atoms with Crippen LogP contribution in [0.4, 0.5) is 0 Å². The largest absolute Gasteiger partial charge is 0.271 e. The van der Waals surface area contributed by atoms with E-state index < -0.39 is 10.7 Å². The zero-order valence-corrected chi connectivity index (χ0v) is 7.55. The molecule has 0 saturated carbocycles. The molecule has 0 N–H and O–H groups in total. The van der Waals surface area contributed by atoms with Crippen molar-refractivity contribution in [2.24, 2.45) is 7.05 Å². The molecule has 1 aromatic heterocycles. The summed E-state index contributed by atoms with van der Waals surface area (Å²) in [5.74, 6) is 0. The summed E-state index contributed by atoms with van der Waals surface area (Å²) in [6, 6.07) is 0. The molecule has 62 valence electrons. The topological polar surface area (TPSA) is 52.0 Å². The van der Waals surface area contributed by atoms with Gasteiger partial charge >= 0.3 is 0 Å². The highest BCUT2D eigenvalue weighted by Gasteiger charge is 2.10. The van der Waals surface area contributed by atoms with Crippen molar-refractivity contribution in [3.63, 3.8) is 0 Å². The van der Waals surface area contributed by atoms with Gasteiger partial charge < -0.3 is 0 Å². The second-order valence-corrected chi connectivity index (χ2v) is 3.36. The molecule has 5 heteroatoms. The molecule has 0 aliphatic heterocycles. The van der Waals surface area contributed by atoms with Crippen molar-refractivity contribution in [2.75, 3.05) is 0 Å². The molecule has 1 heterocycles. The number of nitrogens with zero attached hydrogens (tertiary/aromatic N) is 2. The zero-order chi connectivity index (χ0) is 8.59. The van der Waals surface area contributed by atoms with Crippen LogP contribution < -0.4 is 0 Å². The molecule has 0 bridgehead atoms. The van der Waals surface area contributed by atoms with E-state index in [9.17, 15) is 8.42 Å². The average molecular weight is 174 g/mol. The van der Waals surface area contributed by atoms with Gasteiger partial charge in [0.1, 0.15) is 4.90 Å². The Morgan fingerprint density at radius 3 is 2.09 bits per heavy atom. The Labute approximate surface area is 66.8 Å². The number of thiol groups is 1. The van der Waals surface area contributed by atoms with E-state index in [1.807, 2.05) is 0 Å². The lowest BCUT2D eigenvalue weighted by atomic mass is 10.4. The van der Waals surface area contributed by atoms with Crippen molar-refractivity contribution >= 4 is 10.7 Å². The highest BCUT2D eigenvalue weighted by molar-refractivity contribution is 7.72. The summed E-state index contributed by atoms with van der Waals surface area (Å²) < 4.78 is 22.8. The SMILES string of the molecule is Cc1nn(C)c(C)c1[SH](=O)=O. The van der Waals surface area contributed by atoms with Crippen LogP contribution in [-0.2, 0) is 17.8 Å². The smallest absolute Gasteiger partial charge is 0.171 e. The Morgan fingerprint density at radius 1 is 1.36 bits per heavy atom. The van der Waals surface area contributed by atoms with E-state index in [4.69, 9.17) is 0 Å². The van der Waals surface area contributed by atoms with Crippen LogP contribution in [0.2, 0.25) is 0 Å². The fourth-order valence-corrected chi connectivity index (χ4v) is 1.74. The predicted octanol–water partition coefficient (Wildman–Crippen LogP) is 0.00724. The van der Waals surface area contributed by atoms with Crippen LogP contribution in [0.15, 0.2) is 4.90 Å². The number of rotatable bonds is 1. The van der Waals surface area contributed by atoms with E-state index >= 15 is 0 Å². The summed E-state index contributed by atoms with van der Waals surface area (Å²) in [6.45, 7) is 3.42. The molecule has 0 fully saturated rings. The second-order valence-electron chi connectivity index (χ2n) is 2.40. The third kappa shape index (κ3) is 1.28. The van der Waals surface area contributed by atoms with E-state index in [-0.39, 0.29) is 0 Å². The molecule has 0 spiro atoms. The summed E-state index contributed by atoms with van der Waals surface area (Å²) in [5.41, 5.74) is 1.26. The first-order valence-corrected chi connectivity index (χ1v) is 4.36. The minimum absolute atomic E-state index is 0.350. The average Bonchev–Trinajstić information content (AvgIpc) is 2.07. The quantitative estimate of drug-likeness (QED) is 0.610. The highest BCUT2D eigenvalue weighted by atomic mass is 32.2. The van der Waals surface area contributed by atoms with Gasteiger partial charge in [-0.25, -0.2) is 8.42 Å². The van der Waals surface area contributed by atoms with Gasteiger partial charge in [-0.15, -0.1) is 0 Å². The van der Waals surface area contributed by atoms with E-state index in [0.29, 0.717) is 16.3 Å². The molecule has 0 aliphatic rings. The summed E-state index contributed by atoms with van der Waals surface area (Å²) >= 11 is 0. The van der Waals surface area contributed by atoms with Crippen molar-refractivity contribution in [3.8, 4) is 0 Å². The standard InChI is InChI=1S/C6H10N2O2S/c1-4-6(11(9)10)5(2)8(3)7-4/h11H,1-3H3. The first-order chi connectivity index (χ1) is 5.04. The van der Waals surface area contributed by atoms with Gasteiger partial charge in [-0.2, -0.15) is 5.10 Å². The van der Waals surface area contributed by atoms with Gasteiger partial charge in [-0.1, -0.05) is 0 Å². The number of hydrogen-bond acceptors (Lipinski definition) is 3. The van der Waals surface area contributed by atoms with Crippen molar-refractivity contribution < 1.29 is 8.42 Å². The fraction of sp³-hybridized carbons (Fsp3) is 0.500. The minimum Gasteiger partial charge on any atom is -0.271 e. The predicted molar refractivity (Wildman–Crippen MR) is 41.3 cm³/mol. The van der Waals surface area contributed by atoms with Gasteiger partial charge in [-0.3, -0.25) is 4.68 Å². The van der Waals surface area contributed by atoms with E-state index in [1.165, 1.54) is 0 Å². The van der Waals surface area contributed by atoms with Gasteiger partial charge in [0.25, 0.3) is 0 Å². The first kappa shape index (κ1) is 8.26. The molecule has 0 radical (unpaired) electrons. The Hall–Kier alpha value is -0.840. The molecule has 1 aromatic rings. The zero-order valence-electron chi connectivity index (χ0n) is 6.66. The van der Waals surface area contributed by atoms with Gasteiger partial charge in [0.2, 0.25) is 0 Å². The van der Waals surface area contributed by atoms with Crippen molar-refractivity contribution in [1.29, 1.82) is 0 Å². The van der Waals surface area contributed by atoms with E-state index in [2.05, 4.69) is 5.10 Å². The van der Waals surface area contributed by atoms with Crippen LogP contribution in [0.3, 0.4) is 0 Å². The lowest BCUT2D eigenvalue weighted by Crippen LogP contribution is -1.93. The van der Waals surface area contributed by atoms with Crippen LogP contribution in [0.1, 0.15) is 11.4 Å². The lowest BCUT2D eigenvalue weighted by Gasteiger charge is -1.90. The Kier molecular flexibility index (Phi) is 1.99. The maximum absolute atomic E-state index is 10.6. The molecule has 1 rings (SSSR count). The van der Waals surface area contributed by atoms with Crippen molar-refractivity contribution in [3.05, 3.63) is 11.4 Å². The first-order valence-electron chi connectivity index (χ1n) is 3.18. The van der Waals surface area contributed by atoms with Crippen LogP contribution in [0.5, 0.6) is 0 Å². The van der Waals surface area contributed by atoms with Gasteiger partial charge in [-0.05, 0) is 13.8 Å². The van der Waals surface area contributed by atoms with Gasteiger partial charge in [0, 0.05) is 7.05 Å². The molecule has 0 aliphatic carbocycles. The molecule has 0 amide bonds.